The lowest BCUT2D eigenvalue weighted by Gasteiger charge is -2.03. The van der Waals surface area contributed by atoms with Gasteiger partial charge in [0.05, 0.1) is 0 Å². The van der Waals surface area contributed by atoms with E-state index in [1.54, 1.807) is 25.1 Å². The number of halogens is 1. The molecule has 0 amide bonds. The Labute approximate surface area is 136 Å². The van der Waals surface area contributed by atoms with E-state index in [4.69, 9.17) is 0 Å². The van der Waals surface area contributed by atoms with Gasteiger partial charge in [-0.3, -0.25) is 0 Å². The largest absolute Gasteiger partial charge is 0.207 e. The highest BCUT2D eigenvalue weighted by Crippen LogP contribution is 2.21. The van der Waals surface area contributed by atoms with E-state index in [2.05, 4.69) is 13.2 Å². The van der Waals surface area contributed by atoms with Crippen LogP contribution < -0.4 is 0 Å². The van der Waals surface area contributed by atoms with Crippen molar-refractivity contribution in [1.82, 2.24) is 0 Å². The zero-order valence-electron chi connectivity index (χ0n) is 13.5. The summed E-state index contributed by atoms with van der Waals surface area (Å²) in [6.45, 7) is 14.5. The zero-order chi connectivity index (χ0) is 16.3. The molecule has 0 saturated carbocycles. The lowest BCUT2D eigenvalue weighted by Crippen LogP contribution is -1.84. The summed E-state index contributed by atoms with van der Waals surface area (Å²) in [4.78, 5) is 0. The molecule has 2 rings (SSSR count). The topological polar surface area (TPSA) is 0 Å². The third-order valence-corrected chi connectivity index (χ3v) is 2.72. The first-order valence-corrected chi connectivity index (χ1v) is 7.15. The molecule has 0 saturated heterocycles. The highest BCUT2D eigenvalue weighted by molar-refractivity contribution is 5.64. The van der Waals surface area contributed by atoms with E-state index in [-0.39, 0.29) is 13.2 Å². The number of hydrogen-bond donors (Lipinski definition) is 0. The minimum atomic E-state index is -0.145. The smallest absolute Gasteiger partial charge is 0.126 e. The van der Waals surface area contributed by atoms with E-state index < -0.39 is 0 Å². The van der Waals surface area contributed by atoms with Crippen LogP contribution in [-0.2, 0) is 0 Å². The lowest BCUT2D eigenvalue weighted by molar-refractivity contribution is 0.619. The second kappa shape index (κ2) is 12.6. The predicted octanol–water partition coefficient (Wildman–Crippen LogP) is 7.13. The summed E-state index contributed by atoms with van der Waals surface area (Å²) in [6.07, 6.45) is 3.28. The summed E-state index contributed by atoms with van der Waals surface area (Å²) in [5, 5.41) is 0. The Morgan fingerprint density at radius 2 is 1.27 bits per heavy atom. The maximum absolute atomic E-state index is 13.3. The Morgan fingerprint density at radius 3 is 1.68 bits per heavy atom. The van der Waals surface area contributed by atoms with Gasteiger partial charge in [-0.1, -0.05) is 88.5 Å². The standard InChI is InChI=1S/C14H13F.C4H6.C2H6.CH4/c1-10-3-6-12(7-4-10)13-8-5-11(2)14(15)9-13;1-3-4-2;1-2;/h3-9H,1-2H3;3-4H,1-2H2;1-2H3;1H4. The van der Waals surface area contributed by atoms with Crippen molar-refractivity contribution in [3.05, 3.63) is 84.7 Å². The Hall–Kier alpha value is -2.15. The van der Waals surface area contributed by atoms with Crippen molar-refractivity contribution >= 4 is 0 Å². The summed E-state index contributed by atoms with van der Waals surface area (Å²) < 4.78 is 13.3. The molecule has 1 heteroatoms. The molecule has 0 nitrogen and oxygen atoms in total. The molecule has 0 aliphatic carbocycles. The SMILES string of the molecule is C.C=CC=C.CC.Cc1ccc(-c2ccc(C)c(F)c2)cc1. The highest BCUT2D eigenvalue weighted by atomic mass is 19.1. The maximum Gasteiger partial charge on any atom is 0.126 e. The van der Waals surface area contributed by atoms with Crippen LogP contribution >= 0.6 is 0 Å². The monoisotopic (exact) mass is 300 g/mol. The molecule has 0 unspecified atom stereocenters. The van der Waals surface area contributed by atoms with Crippen LogP contribution in [0, 0.1) is 19.7 Å². The number of benzene rings is 2. The first-order chi connectivity index (χ1) is 10.1. The fourth-order valence-electron chi connectivity index (χ4n) is 1.52. The first kappa shape index (κ1) is 22.1. The molecular weight excluding hydrogens is 271 g/mol. The van der Waals surface area contributed by atoms with E-state index in [1.807, 2.05) is 57.2 Å². The summed E-state index contributed by atoms with van der Waals surface area (Å²) in [5.41, 5.74) is 3.88. The molecule has 2 aromatic carbocycles. The van der Waals surface area contributed by atoms with E-state index in [9.17, 15) is 4.39 Å². The molecule has 0 aliphatic rings. The fourth-order valence-corrected chi connectivity index (χ4v) is 1.52. The second-order valence-electron chi connectivity index (χ2n) is 4.30. The van der Waals surface area contributed by atoms with Gasteiger partial charge < -0.3 is 0 Å². The van der Waals surface area contributed by atoms with E-state index in [0.717, 1.165) is 11.1 Å². The third-order valence-electron chi connectivity index (χ3n) is 2.72. The van der Waals surface area contributed by atoms with Crippen LogP contribution in [0.15, 0.2) is 67.8 Å². The van der Waals surface area contributed by atoms with Crippen molar-refractivity contribution in [1.29, 1.82) is 0 Å². The van der Waals surface area contributed by atoms with Gasteiger partial charge in [0.15, 0.2) is 0 Å². The Morgan fingerprint density at radius 1 is 0.818 bits per heavy atom. The van der Waals surface area contributed by atoms with Crippen molar-refractivity contribution in [2.45, 2.75) is 35.1 Å². The van der Waals surface area contributed by atoms with Crippen molar-refractivity contribution in [3.63, 3.8) is 0 Å². The van der Waals surface area contributed by atoms with E-state index in [0.29, 0.717) is 5.56 Å². The van der Waals surface area contributed by atoms with Crippen LogP contribution in [0.25, 0.3) is 11.1 Å². The van der Waals surface area contributed by atoms with Crippen molar-refractivity contribution in [2.75, 3.05) is 0 Å². The summed E-state index contributed by atoms with van der Waals surface area (Å²) in [5.74, 6) is -0.145. The second-order valence-corrected chi connectivity index (χ2v) is 4.30. The molecule has 120 valence electrons. The number of rotatable bonds is 2. The Kier molecular flexibility index (Phi) is 12.7. The molecule has 0 aromatic heterocycles. The number of allylic oxidation sites excluding steroid dienone is 2. The minimum Gasteiger partial charge on any atom is -0.207 e. The lowest BCUT2D eigenvalue weighted by atomic mass is 10.0. The van der Waals surface area contributed by atoms with E-state index >= 15 is 0 Å². The van der Waals surface area contributed by atoms with Crippen molar-refractivity contribution < 1.29 is 4.39 Å². The molecule has 0 N–H and O–H groups in total. The number of hydrogen-bond acceptors (Lipinski definition) is 0. The molecule has 22 heavy (non-hydrogen) atoms. The van der Waals surface area contributed by atoms with Gasteiger partial charge >= 0.3 is 0 Å². The molecular formula is C21H29F. The minimum absolute atomic E-state index is 0. The fraction of sp³-hybridized carbons (Fsp3) is 0.238. The molecule has 0 radical (unpaired) electrons. The van der Waals surface area contributed by atoms with Crippen LogP contribution in [0.3, 0.4) is 0 Å². The molecule has 0 bridgehead atoms. The Bertz CT molecular complexity index is 545. The van der Waals surface area contributed by atoms with Gasteiger partial charge in [0.2, 0.25) is 0 Å². The van der Waals surface area contributed by atoms with Gasteiger partial charge in [0, 0.05) is 0 Å². The Balaban J connectivity index is 0. The van der Waals surface area contributed by atoms with Gasteiger partial charge in [-0.05, 0) is 36.6 Å². The van der Waals surface area contributed by atoms with Crippen molar-refractivity contribution in [2.24, 2.45) is 0 Å². The zero-order valence-corrected chi connectivity index (χ0v) is 13.5. The highest BCUT2D eigenvalue weighted by Gasteiger charge is 2.01. The van der Waals surface area contributed by atoms with E-state index in [1.165, 1.54) is 5.56 Å². The third kappa shape index (κ3) is 7.58. The summed E-state index contributed by atoms with van der Waals surface area (Å²) >= 11 is 0. The van der Waals surface area contributed by atoms with Crippen LogP contribution in [0.1, 0.15) is 32.4 Å². The summed E-state index contributed by atoms with van der Waals surface area (Å²) in [6, 6.07) is 13.4. The van der Waals surface area contributed by atoms with Gasteiger partial charge in [-0.25, -0.2) is 4.39 Å². The first-order valence-electron chi connectivity index (χ1n) is 7.15. The quantitative estimate of drug-likeness (QED) is 0.517. The normalized spacial score (nSPS) is 8.23. The van der Waals surface area contributed by atoms with Gasteiger partial charge in [0.1, 0.15) is 5.82 Å². The van der Waals surface area contributed by atoms with Crippen LogP contribution in [0.2, 0.25) is 0 Å². The molecule has 0 aliphatic heterocycles. The van der Waals surface area contributed by atoms with Gasteiger partial charge in [-0.2, -0.15) is 0 Å². The van der Waals surface area contributed by atoms with Crippen LogP contribution in [0.5, 0.6) is 0 Å². The molecule has 0 spiro atoms. The average molecular weight is 300 g/mol. The van der Waals surface area contributed by atoms with Gasteiger partial charge in [0.25, 0.3) is 0 Å². The van der Waals surface area contributed by atoms with Crippen LogP contribution in [-0.4, -0.2) is 0 Å². The van der Waals surface area contributed by atoms with Gasteiger partial charge in [-0.15, -0.1) is 0 Å². The summed E-state index contributed by atoms with van der Waals surface area (Å²) in [7, 11) is 0. The molecule has 0 heterocycles. The van der Waals surface area contributed by atoms with Crippen molar-refractivity contribution in [3.8, 4) is 11.1 Å². The number of aryl methyl sites for hydroxylation is 2. The average Bonchev–Trinajstić information content (AvgIpc) is 2.53. The predicted molar refractivity (Wildman–Crippen MR) is 99.8 cm³/mol. The maximum atomic E-state index is 13.3. The molecule has 0 atom stereocenters. The molecule has 2 aromatic rings. The molecule has 0 fully saturated rings. The van der Waals surface area contributed by atoms with Crippen LogP contribution in [0.4, 0.5) is 4.39 Å².